The fourth-order valence-corrected chi connectivity index (χ4v) is 4.13. The molecule has 4 heterocycles. The van der Waals surface area contributed by atoms with Crippen LogP contribution >= 0.6 is 0 Å². The van der Waals surface area contributed by atoms with Crippen molar-refractivity contribution in [3.63, 3.8) is 0 Å². The van der Waals surface area contributed by atoms with E-state index >= 15 is 0 Å². The molecule has 7 heteroatoms. The maximum atomic E-state index is 12.1. The summed E-state index contributed by atoms with van der Waals surface area (Å²) in [5, 5.41) is 2.40. The van der Waals surface area contributed by atoms with E-state index in [2.05, 4.69) is 22.1 Å². The van der Waals surface area contributed by atoms with E-state index in [-0.39, 0.29) is 24.0 Å². The number of aryl methyl sites for hydroxylation is 1. The number of piperidine rings is 2. The van der Waals surface area contributed by atoms with Crippen LogP contribution in [0.2, 0.25) is 0 Å². The monoisotopic (exact) mass is 359 g/mol. The van der Waals surface area contributed by atoms with Gasteiger partial charge in [0.25, 0.3) is 0 Å². The summed E-state index contributed by atoms with van der Waals surface area (Å²) < 4.78 is 11.3. The first-order chi connectivity index (χ1) is 12.6. The standard InChI is InChI=1S/C19H25N3O4/c1-12-10-15(14-2-3-17(23)21-18(14)24)20-11-16(12)22-6-4-13(5-7-22)19-25-8-9-26-19/h10-11,13-14,19H,2-9H2,1H3,(H,21,23,24). The summed E-state index contributed by atoms with van der Waals surface area (Å²) in [6.07, 6.45) is 4.82. The first-order valence-electron chi connectivity index (χ1n) is 9.40. The average Bonchev–Trinajstić information content (AvgIpc) is 3.16. The fourth-order valence-electron chi connectivity index (χ4n) is 4.13. The van der Waals surface area contributed by atoms with E-state index < -0.39 is 0 Å². The lowest BCUT2D eigenvalue weighted by Crippen LogP contribution is -2.40. The average molecular weight is 359 g/mol. The van der Waals surface area contributed by atoms with Gasteiger partial charge in [0.15, 0.2) is 6.29 Å². The number of pyridine rings is 1. The Balaban J connectivity index is 1.42. The molecule has 0 bridgehead atoms. The maximum absolute atomic E-state index is 12.1. The molecule has 3 saturated heterocycles. The summed E-state index contributed by atoms with van der Waals surface area (Å²) in [4.78, 5) is 30.3. The number of rotatable bonds is 3. The number of anilines is 1. The molecule has 7 nitrogen and oxygen atoms in total. The number of aromatic nitrogens is 1. The Morgan fingerprint density at radius 3 is 2.54 bits per heavy atom. The molecule has 0 saturated carbocycles. The molecule has 26 heavy (non-hydrogen) atoms. The first kappa shape index (κ1) is 17.4. The number of carbonyl (C=O) groups excluding carboxylic acids is 2. The van der Waals surface area contributed by atoms with Crippen LogP contribution in [0.4, 0.5) is 5.69 Å². The van der Waals surface area contributed by atoms with E-state index in [1.165, 1.54) is 0 Å². The van der Waals surface area contributed by atoms with Crippen LogP contribution in [0.3, 0.4) is 0 Å². The third kappa shape index (κ3) is 3.46. The van der Waals surface area contributed by atoms with Gasteiger partial charge in [-0.25, -0.2) is 0 Å². The van der Waals surface area contributed by atoms with Crippen LogP contribution in [0.15, 0.2) is 12.3 Å². The molecule has 1 unspecified atom stereocenters. The second-order valence-corrected chi connectivity index (χ2v) is 7.33. The Labute approximate surface area is 153 Å². The molecule has 1 aromatic rings. The van der Waals surface area contributed by atoms with E-state index in [0.717, 1.165) is 42.9 Å². The number of hydrogen-bond acceptors (Lipinski definition) is 6. The Bertz CT molecular complexity index is 694. The van der Waals surface area contributed by atoms with Crippen molar-refractivity contribution in [1.29, 1.82) is 0 Å². The van der Waals surface area contributed by atoms with Gasteiger partial charge in [-0.1, -0.05) is 0 Å². The van der Waals surface area contributed by atoms with Crippen molar-refractivity contribution < 1.29 is 19.1 Å². The third-order valence-corrected chi connectivity index (χ3v) is 5.61. The van der Waals surface area contributed by atoms with E-state index in [4.69, 9.17) is 9.47 Å². The zero-order chi connectivity index (χ0) is 18.1. The highest BCUT2D eigenvalue weighted by Gasteiger charge is 2.32. The molecule has 3 aliphatic heterocycles. The lowest BCUT2D eigenvalue weighted by atomic mass is 9.93. The highest BCUT2D eigenvalue weighted by atomic mass is 16.7. The maximum Gasteiger partial charge on any atom is 0.235 e. The summed E-state index contributed by atoms with van der Waals surface area (Å²) in [5.74, 6) is -0.302. The van der Waals surface area contributed by atoms with Gasteiger partial charge in [0.2, 0.25) is 11.8 Å². The molecule has 2 amide bonds. The molecule has 0 aromatic carbocycles. The Kier molecular flexibility index (Phi) is 4.91. The summed E-state index contributed by atoms with van der Waals surface area (Å²) in [5.41, 5.74) is 2.98. The van der Waals surface area contributed by atoms with Gasteiger partial charge < -0.3 is 14.4 Å². The van der Waals surface area contributed by atoms with Crippen molar-refractivity contribution in [2.75, 3.05) is 31.2 Å². The van der Waals surface area contributed by atoms with Crippen molar-refractivity contribution >= 4 is 17.5 Å². The molecular weight excluding hydrogens is 334 g/mol. The highest BCUT2D eigenvalue weighted by molar-refractivity contribution is 6.00. The van der Waals surface area contributed by atoms with Crippen molar-refractivity contribution in [3.8, 4) is 0 Å². The fraction of sp³-hybridized carbons (Fsp3) is 0.632. The smallest absolute Gasteiger partial charge is 0.235 e. The molecule has 0 radical (unpaired) electrons. The van der Waals surface area contributed by atoms with E-state index in [1.807, 2.05) is 12.3 Å². The van der Waals surface area contributed by atoms with E-state index in [9.17, 15) is 9.59 Å². The summed E-state index contributed by atoms with van der Waals surface area (Å²) in [7, 11) is 0. The highest BCUT2D eigenvalue weighted by Crippen LogP contribution is 2.31. The van der Waals surface area contributed by atoms with Gasteiger partial charge in [-0.05, 0) is 37.8 Å². The van der Waals surface area contributed by atoms with Crippen molar-refractivity contribution in [1.82, 2.24) is 10.3 Å². The van der Waals surface area contributed by atoms with Crippen LogP contribution in [-0.4, -0.2) is 49.4 Å². The number of ether oxygens (including phenoxy) is 2. The number of hydrogen-bond donors (Lipinski definition) is 1. The third-order valence-electron chi connectivity index (χ3n) is 5.61. The van der Waals surface area contributed by atoms with Gasteiger partial charge in [0.1, 0.15) is 0 Å². The van der Waals surface area contributed by atoms with Crippen LogP contribution < -0.4 is 10.2 Å². The van der Waals surface area contributed by atoms with Crippen LogP contribution in [0, 0.1) is 12.8 Å². The summed E-state index contributed by atoms with van der Waals surface area (Å²) >= 11 is 0. The number of carbonyl (C=O) groups is 2. The molecule has 1 N–H and O–H groups in total. The minimum absolute atomic E-state index is 0.0359. The molecular formula is C19H25N3O4. The summed E-state index contributed by atoms with van der Waals surface area (Å²) in [6, 6.07) is 1.99. The molecule has 1 atom stereocenters. The van der Waals surface area contributed by atoms with Gasteiger partial charge in [-0.15, -0.1) is 0 Å². The van der Waals surface area contributed by atoms with Crippen molar-refractivity contribution in [2.45, 2.75) is 44.8 Å². The normalized spacial score (nSPS) is 25.6. The van der Waals surface area contributed by atoms with Gasteiger partial charge in [-0.3, -0.25) is 19.9 Å². The Morgan fingerprint density at radius 2 is 1.88 bits per heavy atom. The molecule has 0 spiro atoms. The predicted molar refractivity (Wildman–Crippen MR) is 94.7 cm³/mol. The SMILES string of the molecule is Cc1cc(C2CCC(=O)NC2=O)ncc1N1CCC(C2OCCO2)CC1. The molecule has 0 aliphatic carbocycles. The lowest BCUT2D eigenvalue weighted by Gasteiger charge is -2.36. The topological polar surface area (TPSA) is 80.8 Å². The number of nitrogens with one attached hydrogen (secondary N) is 1. The number of nitrogens with zero attached hydrogens (tertiary/aromatic N) is 2. The Hall–Kier alpha value is -1.99. The molecule has 3 aliphatic rings. The second-order valence-electron chi connectivity index (χ2n) is 7.33. The Morgan fingerprint density at radius 1 is 1.15 bits per heavy atom. The largest absolute Gasteiger partial charge is 0.370 e. The van der Waals surface area contributed by atoms with Gasteiger partial charge in [-0.2, -0.15) is 0 Å². The molecule has 3 fully saturated rings. The van der Waals surface area contributed by atoms with E-state index in [0.29, 0.717) is 32.0 Å². The predicted octanol–water partition coefficient (Wildman–Crippen LogP) is 1.50. The van der Waals surface area contributed by atoms with Gasteiger partial charge in [0.05, 0.1) is 36.7 Å². The zero-order valence-corrected chi connectivity index (χ0v) is 15.1. The van der Waals surface area contributed by atoms with Crippen molar-refractivity contribution in [3.05, 3.63) is 23.5 Å². The molecule has 1 aromatic heterocycles. The van der Waals surface area contributed by atoms with Crippen LogP contribution in [-0.2, 0) is 19.1 Å². The van der Waals surface area contributed by atoms with Gasteiger partial charge in [0, 0.05) is 25.4 Å². The first-order valence-corrected chi connectivity index (χ1v) is 9.40. The van der Waals surface area contributed by atoms with Crippen molar-refractivity contribution in [2.24, 2.45) is 5.92 Å². The number of imide groups is 1. The van der Waals surface area contributed by atoms with E-state index in [1.54, 1.807) is 0 Å². The minimum Gasteiger partial charge on any atom is -0.370 e. The minimum atomic E-state index is -0.331. The quantitative estimate of drug-likeness (QED) is 0.824. The van der Waals surface area contributed by atoms with Gasteiger partial charge >= 0.3 is 0 Å². The van der Waals surface area contributed by atoms with Crippen LogP contribution in [0.25, 0.3) is 0 Å². The van der Waals surface area contributed by atoms with Crippen LogP contribution in [0.1, 0.15) is 42.9 Å². The zero-order valence-electron chi connectivity index (χ0n) is 15.1. The lowest BCUT2D eigenvalue weighted by molar-refractivity contribution is -0.134. The summed E-state index contributed by atoms with van der Waals surface area (Å²) in [6.45, 7) is 5.37. The molecule has 140 valence electrons. The number of amides is 2. The van der Waals surface area contributed by atoms with Crippen LogP contribution in [0.5, 0.6) is 0 Å². The molecule has 4 rings (SSSR count). The second kappa shape index (κ2) is 7.32.